The molecule has 4 heteroatoms. The molecule has 14 heavy (non-hydrogen) atoms. The SMILES string of the molecule is CCC(C(=O)O)N(C)CC1CCCO1. The van der Waals surface area contributed by atoms with Crippen LogP contribution in [0, 0.1) is 0 Å². The smallest absolute Gasteiger partial charge is 0.320 e. The average Bonchev–Trinajstić information content (AvgIpc) is 2.57. The summed E-state index contributed by atoms with van der Waals surface area (Å²) in [6, 6.07) is -0.376. The van der Waals surface area contributed by atoms with Gasteiger partial charge in [0, 0.05) is 13.2 Å². The molecule has 1 saturated heterocycles. The van der Waals surface area contributed by atoms with Crippen molar-refractivity contribution in [2.75, 3.05) is 20.2 Å². The van der Waals surface area contributed by atoms with E-state index in [0.717, 1.165) is 26.0 Å². The minimum Gasteiger partial charge on any atom is -0.480 e. The molecule has 0 bridgehead atoms. The monoisotopic (exact) mass is 201 g/mol. The molecule has 0 aromatic carbocycles. The number of rotatable bonds is 5. The second-order valence-electron chi connectivity index (χ2n) is 3.84. The summed E-state index contributed by atoms with van der Waals surface area (Å²) < 4.78 is 5.46. The summed E-state index contributed by atoms with van der Waals surface area (Å²) in [5.41, 5.74) is 0. The van der Waals surface area contributed by atoms with Gasteiger partial charge in [-0.3, -0.25) is 9.69 Å². The molecule has 1 heterocycles. The standard InChI is InChI=1S/C10H19NO3/c1-3-9(10(12)13)11(2)7-8-5-4-6-14-8/h8-9H,3-7H2,1-2H3,(H,12,13). The third-order valence-electron chi connectivity index (χ3n) is 2.72. The summed E-state index contributed by atoms with van der Waals surface area (Å²) >= 11 is 0. The van der Waals surface area contributed by atoms with Crippen molar-refractivity contribution < 1.29 is 14.6 Å². The van der Waals surface area contributed by atoms with Crippen LogP contribution in [0.25, 0.3) is 0 Å². The zero-order valence-electron chi connectivity index (χ0n) is 8.90. The first-order chi connectivity index (χ1) is 6.65. The molecule has 0 aromatic heterocycles. The number of ether oxygens (including phenoxy) is 1. The fraction of sp³-hybridized carbons (Fsp3) is 0.900. The van der Waals surface area contributed by atoms with Gasteiger partial charge in [0.05, 0.1) is 6.10 Å². The molecule has 1 fully saturated rings. The second-order valence-corrected chi connectivity index (χ2v) is 3.84. The molecule has 1 rings (SSSR count). The number of carboxylic acids is 1. The number of likely N-dealkylation sites (N-methyl/N-ethyl adjacent to an activating group) is 1. The van der Waals surface area contributed by atoms with Crippen LogP contribution in [-0.2, 0) is 9.53 Å². The predicted octanol–water partition coefficient (Wildman–Crippen LogP) is 0.960. The molecule has 0 spiro atoms. The van der Waals surface area contributed by atoms with Gasteiger partial charge in [0.2, 0.25) is 0 Å². The van der Waals surface area contributed by atoms with E-state index in [1.807, 2.05) is 18.9 Å². The van der Waals surface area contributed by atoms with Crippen LogP contribution in [0.2, 0.25) is 0 Å². The maximum atomic E-state index is 10.9. The average molecular weight is 201 g/mol. The van der Waals surface area contributed by atoms with E-state index < -0.39 is 5.97 Å². The van der Waals surface area contributed by atoms with Crippen molar-refractivity contribution in [1.82, 2.24) is 4.90 Å². The van der Waals surface area contributed by atoms with Crippen molar-refractivity contribution in [2.45, 2.75) is 38.3 Å². The van der Waals surface area contributed by atoms with Crippen LogP contribution in [-0.4, -0.2) is 48.3 Å². The van der Waals surface area contributed by atoms with Gasteiger partial charge < -0.3 is 9.84 Å². The van der Waals surface area contributed by atoms with Gasteiger partial charge in [-0.15, -0.1) is 0 Å². The first-order valence-electron chi connectivity index (χ1n) is 5.19. The highest BCUT2D eigenvalue weighted by molar-refractivity contribution is 5.73. The van der Waals surface area contributed by atoms with Gasteiger partial charge in [-0.1, -0.05) is 6.92 Å². The Morgan fingerprint density at radius 2 is 2.43 bits per heavy atom. The van der Waals surface area contributed by atoms with Crippen LogP contribution >= 0.6 is 0 Å². The fourth-order valence-corrected chi connectivity index (χ4v) is 1.91. The maximum absolute atomic E-state index is 10.9. The van der Waals surface area contributed by atoms with Crippen molar-refractivity contribution in [3.8, 4) is 0 Å². The van der Waals surface area contributed by atoms with Crippen LogP contribution in [0.15, 0.2) is 0 Å². The molecular formula is C10H19NO3. The van der Waals surface area contributed by atoms with Gasteiger partial charge in [0.15, 0.2) is 0 Å². The third kappa shape index (κ3) is 2.96. The largest absolute Gasteiger partial charge is 0.480 e. The number of carboxylic acid groups (broad SMARTS) is 1. The van der Waals surface area contributed by atoms with E-state index in [2.05, 4.69) is 0 Å². The Hall–Kier alpha value is -0.610. The number of carbonyl (C=O) groups is 1. The minimum atomic E-state index is -0.743. The zero-order valence-corrected chi connectivity index (χ0v) is 8.90. The molecular weight excluding hydrogens is 182 g/mol. The number of hydrogen-bond donors (Lipinski definition) is 1. The maximum Gasteiger partial charge on any atom is 0.320 e. The molecule has 82 valence electrons. The summed E-state index contributed by atoms with van der Waals surface area (Å²) in [7, 11) is 1.85. The van der Waals surface area contributed by atoms with Gasteiger partial charge in [0.25, 0.3) is 0 Å². The molecule has 1 aliphatic heterocycles. The molecule has 0 aliphatic carbocycles. The summed E-state index contributed by atoms with van der Waals surface area (Å²) in [4.78, 5) is 12.7. The van der Waals surface area contributed by atoms with Gasteiger partial charge in [0.1, 0.15) is 6.04 Å². The van der Waals surface area contributed by atoms with E-state index >= 15 is 0 Å². The van der Waals surface area contributed by atoms with E-state index in [4.69, 9.17) is 9.84 Å². The highest BCUT2D eigenvalue weighted by Crippen LogP contribution is 2.14. The predicted molar refractivity (Wildman–Crippen MR) is 53.3 cm³/mol. The van der Waals surface area contributed by atoms with E-state index in [1.165, 1.54) is 0 Å². The first-order valence-corrected chi connectivity index (χ1v) is 5.19. The summed E-state index contributed by atoms with van der Waals surface area (Å²) in [6.45, 7) is 3.44. The van der Waals surface area contributed by atoms with E-state index in [9.17, 15) is 4.79 Å². The van der Waals surface area contributed by atoms with E-state index in [-0.39, 0.29) is 12.1 Å². The zero-order chi connectivity index (χ0) is 10.6. The van der Waals surface area contributed by atoms with Crippen molar-refractivity contribution in [1.29, 1.82) is 0 Å². The Morgan fingerprint density at radius 3 is 2.86 bits per heavy atom. The van der Waals surface area contributed by atoms with Gasteiger partial charge in [-0.05, 0) is 26.3 Å². The highest BCUT2D eigenvalue weighted by atomic mass is 16.5. The number of nitrogens with zero attached hydrogens (tertiary/aromatic N) is 1. The molecule has 0 saturated carbocycles. The van der Waals surface area contributed by atoms with E-state index in [0.29, 0.717) is 6.42 Å². The lowest BCUT2D eigenvalue weighted by atomic mass is 10.1. The Balaban J connectivity index is 2.37. The van der Waals surface area contributed by atoms with Gasteiger partial charge in [-0.2, -0.15) is 0 Å². The second kappa shape index (κ2) is 5.32. The molecule has 1 N–H and O–H groups in total. The van der Waals surface area contributed by atoms with Crippen LogP contribution in [0.5, 0.6) is 0 Å². The van der Waals surface area contributed by atoms with Crippen molar-refractivity contribution in [2.24, 2.45) is 0 Å². The molecule has 4 nitrogen and oxygen atoms in total. The molecule has 0 amide bonds. The Labute approximate surface area is 84.8 Å². The minimum absolute atomic E-state index is 0.230. The molecule has 0 aromatic rings. The third-order valence-corrected chi connectivity index (χ3v) is 2.72. The van der Waals surface area contributed by atoms with Crippen molar-refractivity contribution in [3.05, 3.63) is 0 Å². The molecule has 2 atom stereocenters. The lowest BCUT2D eigenvalue weighted by Crippen LogP contribution is -2.41. The van der Waals surface area contributed by atoms with Gasteiger partial charge >= 0.3 is 5.97 Å². The highest BCUT2D eigenvalue weighted by Gasteiger charge is 2.24. The van der Waals surface area contributed by atoms with Crippen LogP contribution in [0.3, 0.4) is 0 Å². The van der Waals surface area contributed by atoms with Gasteiger partial charge in [-0.25, -0.2) is 0 Å². The van der Waals surface area contributed by atoms with Crippen LogP contribution in [0.4, 0.5) is 0 Å². The van der Waals surface area contributed by atoms with Crippen LogP contribution in [0.1, 0.15) is 26.2 Å². The van der Waals surface area contributed by atoms with Crippen molar-refractivity contribution >= 4 is 5.97 Å². The molecule has 1 aliphatic rings. The van der Waals surface area contributed by atoms with Crippen LogP contribution < -0.4 is 0 Å². The summed E-state index contributed by atoms with van der Waals surface area (Å²) in [5, 5.41) is 8.94. The summed E-state index contributed by atoms with van der Waals surface area (Å²) in [5.74, 6) is -0.743. The van der Waals surface area contributed by atoms with Crippen molar-refractivity contribution in [3.63, 3.8) is 0 Å². The Kier molecular flexibility index (Phi) is 4.35. The normalized spacial score (nSPS) is 24.1. The number of hydrogen-bond acceptors (Lipinski definition) is 3. The Bertz CT molecular complexity index is 190. The quantitative estimate of drug-likeness (QED) is 0.719. The molecule has 0 radical (unpaired) electrons. The number of aliphatic carboxylic acids is 1. The lowest BCUT2D eigenvalue weighted by Gasteiger charge is -2.25. The molecule has 2 unspecified atom stereocenters. The lowest BCUT2D eigenvalue weighted by molar-refractivity contribution is -0.143. The first kappa shape index (κ1) is 11.5. The Morgan fingerprint density at radius 1 is 1.71 bits per heavy atom. The fourth-order valence-electron chi connectivity index (χ4n) is 1.91. The topological polar surface area (TPSA) is 49.8 Å². The van der Waals surface area contributed by atoms with E-state index in [1.54, 1.807) is 0 Å². The summed E-state index contributed by atoms with van der Waals surface area (Å²) in [6.07, 6.45) is 3.02.